The molecule has 4 nitrogen and oxygen atoms in total. The first kappa shape index (κ1) is 22.7. The SMILES string of the molecule is Clc1ccc(COc2cccc(C3NCCc4c3[nH]c3ccc(OCc5ccccc5)cc43)c2)cc1. The minimum absolute atomic E-state index is 0.0777. The molecular formula is C31H27ClN2O2. The quantitative estimate of drug-likeness (QED) is 0.251. The molecule has 36 heavy (non-hydrogen) atoms. The number of rotatable bonds is 7. The van der Waals surface area contributed by atoms with Crippen molar-refractivity contribution in [3.8, 4) is 11.5 Å². The molecule has 1 atom stereocenters. The lowest BCUT2D eigenvalue weighted by Gasteiger charge is -2.25. The summed E-state index contributed by atoms with van der Waals surface area (Å²) in [6.45, 7) is 1.98. The third-order valence-corrected chi connectivity index (χ3v) is 6.93. The van der Waals surface area contributed by atoms with E-state index in [0.717, 1.165) is 46.1 Å². The lowest BCUT2D eigenvalue weighted by Crippen LogP contribution is -2.30. The number of halogens is 1. The monoisotopic (exact) mass is 494 g/mol. The zero-order valence-electron chi connectivity index (χ0n) is 19.8. The number of ether oxygens (including phenoxy) is 2. The highest BCUT2D eigenvalue weighted by Gasteiger charge is 2.25. The van der Waals surface area contributed by atoms with Gasteiger partial charge in [0.25, 0.3) is 0 Å². The first-order valence-electron chi connectivity index (χ1n) is 12.2. The van der Waals surface area contributed by atoms with Gasteiger partial charge in [0.05, 0.1) is 6.04 Å². The van der Waals surface area contributed by atoms with Crippen LogP contribution in [0.2, 0.25) is 5.02 Å². The Morgan fingerprint density at radius 2 is 1.50 bits per heavy atom. The summed E-state index contributed by atoms with van der Waals surface area (Å²) in [5.41, 5.74) is 7.13. The second-order valence-electron chi connectivity index (χ2n) is 9.12. The van der Waals surface area contributed by atoms with Crippen molar-refractivity contribution in [3.63, 3.8) is 0 Å². The number of fused-ring (bicyclic) bond motifs is 3. The average Bonchev–Trinajstić information content (AvgIpc) is 3.30. The summed E-state index contributed by atoms with van der Waals surface area (Å²) in [4.78, 5) is 3.68. The third kappa shape index (κ3) is 4.83. The van der Waals surface area contributed by atoms with Crippen molar-refractivity contribution in [2.24, 2.45) is 0 Å². The summed E-state index contributed by atoms with van der Waals surface area (Å²) in [5.74, 6) is 1.74. The van der Waals surface area contributed by atoms with Crippen molar-refractivity contribution in [2.45, 2.75) is 25.7 Å². The number of hydrogen-bond acceptors (Lipinski definition) is 3. The van der Waals surface area contributed by atoms with Crippen LogP contribution in [0.4, 0.5) is 0 Å². The second-order valence-corrected chi connectivity index (χ2v) is 9.56. The van der Waals surface area contributed by atoms with Crippen molar-refractivity contribution in [3.05, 3.63) is 130 Å². The summed E-state index contributed by atoms with van der Waals surface area (Å²) in [6, 6.07) is 32.8. The van der Waals surface area contributed by atoms with E-state index in [9.17, 15) is 0 Å². The predicted molar refractivity (Wildman–Crippen MR) is 145 cm³/mol. The zero-order chi connectivity index (χ0) is 24.3. The molecule has 2 N–H and O–H groups in total. The van der Waals surface area contributed by atoms with Crippen molar-refractivity contribution in [1.82, 2.24) is 10.3 Å². The Kier molecular flexibility index (Phi) is 6.37. The van der Waals surface area contributed by atoms with E-state index in [1.807, 2.05) is 54.6 Å². The molecule has 1 aliphatic heterocycles. The van der Waals surface area contributed by atoms with Gasteiger partial charge >= 0.3 is 0 Å². The molecule has 0 fully saturated rings. The Morgan fingerprint density at radius 1 is 0.750 bits per heavy atom. The molecule has 1 aromatic heterocycles. The molecule has 0 saturated carbocycles. The van der Waals surface area contributed by atoms with Crippen LogP contribution >= 0.6 is 11.6 Å². The van der Waals surface area contributed by atoms with Crippen LogP contribution in [0.1, 0.15) is 34.0 Å². The number of aromatic nitrogens is 1. The van der Waals surface area contributed by atoms with Crippen molar-refractivity contribution in [2.75, 3.05) is 6.54 Å². The van der Waals surface area contributed by atoms with Crippen molar-refractivity contribution in [1.29, 1.82) is 0 Å². The van der Waals surface area contributed by atoms with Crippen molar-refractivity contribution < 1.29 is 9.47 Å². The minimum Gasteiger partial charge on any atom is -0.489 e. The molecule has 0 saturated heterocycles. The summed E-state index contributed by atoms with van der Waals surface area (Å²) >= 11 is 6.00. The molecule has 6 rings (SSSR count). The number of H-pyrrole nitrogens is 1. The van der Waals surface area contributed by atoms with Crippen LogP contribution in [0.25, 0.3) is 10.9 Å². The van der Waals surface area contributed by atoms with E-state index in [2.05, 4.69) is 52.8 Å². The van der Waals surface area contributed by atoms with E-state index < -0.39 is 0 Å². The maximum absolute atomic E-state index is 6.10. The Balaban J connectivity index is 1.23. The smallest absolute Gasteiger partial charge is 0.120 e. The van der Waals surface area contributed by atoms with E-state index in [1.165, 1.54) is 22.2 Å². The molecule has 4 aromatic carbocycles. The minimum atomic E-state index is 0.0777. The Morgan fingerprint density at radius 3 is 2.31 bits per heavy atom. The molecule has 0 spiro atoms. The van der Waals surface area contributed by atoms with E-state index in [-0.39, 0.29) is 6.04 Å². The Hall–Kier alpha value is -3.73. The second kappa shape index (κ2) is 10.1. The van der Waals surface area contributed by atoms with Gasteiger partial charge in [0, 0.05) is 28.2 Å². The fraction of sp³-hybridized carbons (Fsp3) is 0.161. The lowest BCUT2D eigenvalue weighted by molar-refractivity contribution is 0.305. The maximum atomic E-state index is 6.10. The van der Waals surface area contributed by atoms with E-state index in [0.29, 0.717) is 13.2 Å². The van der Waals surface area contributed by atoms with Gasteiger partial charge in [-0.25, -0.2) is 0 Å². The van der Waals surface area contributed by atoms with Gasteiger partial charge in [-0.05, 0) is 71.1 Å². The van der Waals surface area contributed by atoms with Gasteiger partial charge in [-0.3, -0.25) is 0 Å². The van der Waals surface area contributed by atoms with E-state index >= 15 is 0 Å². The molecule has 0 aliphatic carbocycles. The van der Waals surface area contributed by atoms with E-state index in [1.54, 1.807) is 0 Å². The zero-order valence-corrected chi connectivity index (χ0v) is 20.6. The molecule has 0 bridgehead atoms. The molecule has 5 aromatic rings. The van der Waals surface area contributed by atoms with Crippen LogP contribution in [0.3, 0.4) is 0 Å². The molecule has 180 valence electrons. The number of benzene rings is 4. The fourth-order valence-corrected chi connectivity index (χ4v) is 4.98. The topological polar surface area (TPSA) is 46.3 Å². The summed E-state index contributed by atoms with van der Waals surface area (Å²) in [6.07, 6.45) is 0.973. The Labute approximate surface area is 215 Å². The summed E-state index contributed by atoms with van der Waals surface area (Å²) in [5, 5.41) is 5.65. The normalized spacial score (nSPS) is 15.0. The van der Waals surface area contributed by atoms with Gasteiger partial charge in [0.15, 0.2) is 0 Å². The number of aromatic amines is 1. The average molecular weight is 495 g/mol. The van der Waals surface area contributed by atoms with E-state index in [4.69, 9.17) is 21.1 Å². The number of hydrogen-bond donors (Lipinski definition) is 2. The molecule has 0 radical (unpaired) electrons. The molecule has 0 amide bonds. The van der Waals surface area contributed by atoms with Crippen LogP contribution in [-0.4, -0.2) is 11.5 Å². The first-order valence-corrected chi connectivity index (χ1v) is 12.6. The molecule has 1 aliphatic rings. The highest BCUT2D eigenvalue weighted by atomic mass is 35.5. The highest BCUT2D eigenvalue weighted by Crippen LogP contribution is 2.36. The van der Waals surface area contributed by atoms with Crippen LogP contribution in [-0.2, 0) is 19.6 Å². The van der Waals surface area contributed by atoms with Gasteiger partial charge in [-0.2, -0.15) is 0 Å². The molecule has 5 heteroatoms. The first-order chi connectivity index (χ1) is 17.7. The highest BCUT2D eigenvalue weighted by molar-refractivity contribution is 6.30. The number of nitrogens with one attached hydrogen (secondary N) is 2. The van der Waals surface area contributed by atoms with Gasteiger partial charge in [0.2, 0.25) is 0 Å². The standard InChI is InChI=1S/C31H27ClN2O2/c32-24-11-9-22(10-12-24)20-35-25-8-4-7-23(17-25)30-31-27(15-16-33-30)28-18-26(13-14-29(28)34-31)36-19-21-5-2-1-3-6-21/h1-14,17-18,30,33-34H,15-16,19-20H2. The maximum Gasteiger partial charge on any atom is 0.120 e. The fourth-order valence-electron chi connectivity index (χ4n) is 4.85. The summed E-state index contributed by atoms with van der Waals surface area (Å²) < 4.78 is 12.2. The van der Waals surface area contributed by atoms with Crippen LogP contribution in [0.5, 0.6) is 11.5 Å². The van der Waals surface area contributed by atoms with Gasteiger partial charge in [0.1, 0.15) is 24.7 Å². The van der Waals surface area contributed by atoms with Crippen LogP contribution < -0.4 is 14.8 Å². The summed E-state index contributed by atoms with van der Waals surface area (Å²) in [7, 11) is 0. The van der Waals surface area contributed by atoms with Crippen LogP contribution in [0, 0.1) is 0 Å². The van der Waals surface area contributed by atoms with Gasteiger partial charge in [-0.1, -0.05) is 66.2 Å². The van der Waals surface area contributed by atoms with Crippen molar-refractivity contribution >= 4 is 22.5 Å². The van der Waals surface area contributed by atoms with Gasteiger partial charge in [-0.15, -0.1) is 0 Å². The molecule has 2 heterocycles. The molecule has 1 unspecified atom stereocenters. The molecular weight excluding hydrogens is 468 g/mol. The van der Waals surface area contributed by atoms with Crippen LogP contribution in [0.15, 0.2) is 97.1 Å². The Bertz CT molecular complexity index is 1480. The third-order valence-electron chi connectivity index (χ3n) is 6.68. The lowest BCUT2D eigenvalue weighted by atomic mass is 9.94. The largest absolute Gasteiger partial charge is 0.489 e. The predicted octanol–water partition coefficient (Wildman–Crippen LogP) is 7.21. The van der Waals surface area contributed by atoms with Gasteiger partial charge < -0.3 is 19.8 Å².